The Balaban J connectivity index is 1.82. The molecule has 0 saturated carbocycles. The molecule has 2 N–H and O–H groups in total. The van der Waals surface area contributed by atoms with Gasteiger partial charge in [0.25, 0.3) is 0 Å². The SMILES string of the molecule is Nc1nnnn1CCN1CCC1. The number of nitrogens with zero attached hydrogens (tertiary/aromatic N) is 5. The van der Waals surface area contributed by atoms with Crippen molar-refractivity contribution in [1.29, 1.82) is 0 Å². The summed E-state index contributed by atoms with van der Waals surface area (Å²) in [5.74, 6) is 0.399. The summed E-state index contributed by atoms with van der Waals surface area (Å²) >= 11 is 0. The third-order valence-corrected chi connectivity index (χ3v) is 2.14. The van der Waals surface area contributed by atoms with Crippen molar-refractivity contribution in [3.8, 4) is 0 Å². The highest BCUT2D eigenvalue weighted by Gasteiger charge is 2.13. The van der Waals surface area contributed by atoms with Crippen molar-refractivity contribution in [3.63, 3.8) is 0 Å². The fourth-order valence-electron chi connectivity index (χ4n) is 1.21. The molecule has 66 valence electrons. The highest BCUT2D eigenvalue weighted by atomic mass is 15.6. The van der Waals surface area contributed by atoms with Crippen molar-refractivity contribution < 1.29 is 0 Å². The topological polar surface area (TPSA) is 72.9 Å². The van der Waals surface area contributed by atoms with Crippen LogP contribution in [-0.4, -0.2) is 44.7 Å². The molecule has 0 atom stereocenters. The molecule has 12 heavy (non-hydrogen) atoms. The van der Waals surface area contributed by atoms with Crippen molar-refractivity contribution in [3.05, 3.63) is 0 Å². The Morgan fingerprint density at radius 2 is 2.17 bits per heavy atom. The number of aromatic nitrogens is 4. The minimum Gasteiger partial charge on any atom is -0.367 e. The van der Waals surface area contributed by atoms with E-state index < -0.39 is 0 Å². The van der Waals surface area contributed by atoms with E-state index in [1.54, 1.807) is 4.68 Å². The first-order chi connectivity index (χ1) is 5.86. The number of rotatable bonds is 3. The van der Waals surface area contributed by atoms with Gasteiger partial charge in [0.2, 0.25) is 5.95 Å². The second kappa shape index (κ2) is 3.06. The van der Waals surface area contributed by atoms with Crippen molar-refractivity contribution in [1.82, 2.24) is 25.1 Å². The van der Waals surface area contributed by atoms with Crippen LogP contribution in [0.3, 0.4) is 0 Å². The van der Waals surface area contributed by atoms with Crippen LogP contribution >= 0.6 is 0 Å². The Labute approximate surface area is 70.3 Å². The summed E-state index contributed by atoms with van der Waals surface area (Å²) in [4.78, 5) is 2.35. The van der Waals surface area contributed by atoms with Gasteiger partial charge in [-0.3, -0.25) is 0 Å². The monoisotopic (exact) mass is 168 g/mol. The lowest BCUT2D eigenvalue weighted by Gasteiger charge is -2.30. The van der Waals surface area contributed by atoms with E-state index in [9.17, 15) is 0 Å². The van der Waals surface area contributed by atoms with Crippen LogP contribution in [-0.2, 0) is 6.54 Å². The minimum absolute atomic E-state index is 0.399. The molecule has 1 saturated heterocycles. The molecular weight excluding hydrogens is 156 g/mol. The van der Waals surface area contributed by atoms with Gasteiger partial charge in [0.1, 0.15) is 0 Å². The molecule has 1 aliphatic rings. The van der Waals surface area contributed by atoms with Crippen LogP contribution < -0.4 is 5.73 Å². The highest BCUT2D eigenvalue weighted by molar-refractivity contribution is 5.09. The summed E-state index contributed by atoms with van der Waals surface area (Å²) in [6, 6.07) is 0. The van der Waals surface area contributed by atoms with Crippen molar-refractivity contribution in [2.45, 2.75) is 13.0 Å². The molecule has 1 aromatic rings. The zero-order valence-corrected chi connectivity index (χ0v) is 6.85. The third-order valence-electron chi connectivity index (χ3n) is 2.14. The van der Waals surface area contributed by atoms with Gasteiger partial charge in [-0.15, -0.1) is 0 Å². The normalized spacial score (nSPS) is 17.7. The van der Waals surface area contributed by atoms with Crippen LogP contribution in [0.15, 0.2) is 0 Å². The van der Waals surface area contributed by atoms with Crippen LogP contribution in [0.2, 0.25) is 0 Å². The maximum absolute atomic E-state index is 5.49. The molecule has 0 aromatic carbocycles. The first-order valence-electron chi connectivity index (χ1n) is 4.10. The summed E-state index contributed by atoms with van der Waals surface area (Å²) in [5.41, 5.74) is 5.49. The zero-order chi connectivity index (χ0) is 8.39. The fourth-order valence-corrected chi connectivity index (χ4v) is 1.21. The van der Waals surface area contributed by atoms with Gasteiger partial charge in [-0.1, -0.05) is 5.10 Å². The number of nitrogens with two attached hydrogens (primary N) is 1. The van der Waals surface area contributed by atoms with E-state index in [0.717, 1.165) is 13.1 Å². The van der Waals surface area contributed by atoms with E-state index in [1.807, 2.05) is 0 Å². The molecule has 6 heteroatoms. The van der Waals surface area contributed by atoms with Gasteiger partial charge in [0.15, 0.2) is 0 Å². The molecule has 2 heterocycles. The first-order valence-corrected chi connectivity index (χ1v) is 4.10. The van der Waals surface area contributed by atoms with Gasteiger partial charge in [0.05, 0.1) is 6.54 Å². The Hall–Kier alpha value is -1.17. The van der Waals surface area contributed by atoms with Gasteiger partial charge in [-0.25, -0.2) is 4.68 Å². The predicted octanol–water partition coefficient (Wildman–Crippen LogP) is -1.04. The molecule has 0 spiro atoms. The first kappa shape index (κ1) is 7.48. The molecule has 0 amide bonds. The van der Waals surface area contributed by atoms with Crippen molar-refractivity contribution >= 4 is 5.95 Å². The van der Waals surface area contributed by atoms with E-state index in [-0.39, 0.29) is 0 Å². The molecule has 0 radical (unpaired) electrons. The molecule has 1 aromatic heterocycles. The van der Waals surface area contributed by atoms with Gasteiger partial charge < -0.3 is 10.6 Å². The second-order valence-electron chi connectivity index (χ2n) is 2.96. The maximum atomic E-state index is 5.49. The van der Waals surface area contributed by atoms with E-state index >= 15 is 0 Å². The molecule has 0 unspecified atom stereocenters. The van der Waals surface area contributed by atoms with Crippen LogP contribution in [0.4, 0.5) is 5.95 Å². The Kier molecular flexibility index (Phi) is 1.91. The van der Waals surface area contributed by atoms with Gasteiger partial charge in [0, 0.05) is 6.54 Å². The van der Waals surface area contributed by atoms with Crippen LogP contribution in [0.5, 0.6) is 0 Å². The molecular formula is C6H12N6. The van der Waals surface area contributed by atoms with E-state index in [1.165, 1.54) is 19.5 Å². The largest absolute Gasteiger partial charge is 0.367 e. The fraction of sp³-hybridized carbons (Fsp3) is 0.833. The average Bonchev–Trinajstić information content (AvgIpc) is 2.33. The Morgan fingerprint density at radius 3 is 2.67 bits per heavy atom. The lowest BCUT2D eigenvalue weighted by atomic mass is 10.2. The summed E-state index contributed by atoms with van der Waals surface area (Å²) in [7, 11) is 0. The zero-order valence-electron chi connectivity index (χ0n) is 6.85. The minimum atomic E-state index is 0.399. The smallest absolute Gasteiger partial charge is 0.240 e. The molecule has 0 bridgehead atoms. The van der Waals surface area contributed by atoms with Gasteiger partial charge in [-0.2, -0.15) is 0 Å². The quantitative estimate of drug-likeness (QED) is 0.624. The van der Waals surface area contributed by atoms with E-state index in [0.29, 0.717) is 5.95 Å². The predicted molar refractivity (Wildman–Crippen MR) is 43.3 cm³/mol. The standard InChI is InChI=1S/C6H12N6/c7-6-8-9-10-12(6)5-4-11-2-1-3-11/h1-5H2,(H2,7,8,10). The summed E-state index contributed by atoms with van der Waals surface area (Å²) in [6.07, 6.45) is 1.31. The number of hydrogen-bond acceptors (Lipinski definition) is 5. The van der Waals surface area contributed by atoms with Crippen LogP contribution in [0.1, 0.15) is 6.42 Å². The Morgan fingerprint density at radius 1 is 1.33 bits per heavy atom. The third kappa shape index (κ3) is 1.38. The lowest BCUT2D eigenvalue weighted by Crippen LogP contribution is -2.39. The van der Waals surface area contributed by atoms with Crippen LogP contribution in [0.25, 0.3) is 0 Å². The second-order valence-corrected chi connectivity index (χ2v) is 2.96. The summed E-state index contributed by atoms with van der Waals surface area (Å²) in [5, 5.41) is 10.8. The molecule has 6 nitrogen and oxygen atoms in total. The molecule has 1 aliphatic heterocycles. The lowest BCUT2D eigenvalue weighted by molar-refractivity contribution is 0.172. The summed E-state index contributed by atoms with van der Waals surface area (Å²) in [6.45, 7) is 4.18. The summed E-state index contributed by atoms with van der Waals surface area (Å²) < 4.78 is 1.62. The van der Waals surface area contributed by atoms with E-state index in [4.69, 9.17) is 5.73 Å². The maximum Gasteiger partial charge on any atom is 0.240 e. The number of hydrogen-bond donors (Lipinski definition) is 1. The Bertz CT molecular complexity index is 252. The van der Waals surface area contributed by atoms with Crippen molar-refractivity contribution in [2.24, 2.45) is 0 Å². The molecule has 0 aliphatic carbocycles. The molecule has 1 fully saturated rings. The highest BCUT2D eigenvalue weighted by Crippen LogP contribution is 2.05. The van der Waals surface area contributed by atoms with Gasteiger partial charge >= 0.3 is 0 Å². The average molecular weight is 168 g/mol. The van der Waals surface area contributed by atoms with Crippen molar-refractivity contribution in [2.75, 3.05) is 25.4 Å². The van der Waals surface area contributed by atoms with Gasteiger partial charge in [-0.05, 0) is 29.9 Å². The number of anilines is 1. The number of nitrogen functional groups attached to an aromatic ring is 1. The number of likely N-dealkylation sites (tertiary alicyclic amines) is 1. The number of tetrazole rings is 1. The van der Waals surface area contributed by atoms with Crippen LogP contribution in [0, 0.1) is 0 Å². The van der Waals surface area contributed by atoms with E-state index in [2.05, 4.69) is 20.4 Å². The molecule has 2 rings (SSSR count).